The van der Waals surface area contributed by atoms with Crippen LogP contribution < -0.4 is 5.32 Å². The largest absolute Gasteiger partial charge is 0.365 e. The summed E-state index contributed by atoms with van der Waals surface area (Å²) < 4.78 is 16.0. The molecule has 4 aromatic rings. The van der Waals surface area contributed by atoms with E-state index < -0.39 is 5.82 Å². The van der Waals surface area contributed by atoms with Crippen LogP contribution in [0.2, 0.25) is 0 Å². The lowest BCUT2D eigenvalue weighted by atomic mass is 9.68. The molecule has 0 amide bonds. The molecular weight excluding hydrogens is 415 g/mol. The topological polar surface area (TPSA) is 90.3 Å². The molecule has 3 aromatic heterocycles. The average molecular weight is 439 g/mol. The molecule has 3 saturated carbocycles. The maximum Gasteiger partial charge on any atom is 0.174 e. The monoisotopic (exact) mass is 438 g/mol. The first-order valence-corrected chi connectivity index (χ1v) is 11.5. The van der Waals surface area contributed by atoms with E-state index in [2.05, 4.69) is 26.3 Å². The van der Waals surface area contributed by atoms with Gasteiger partial charge in [-0.15, -0.1) is 0 Å². The highest BCUT2D eigenvalue weighted by molar-refractivity contribution is 5.95. The van der Waals surface area contributed by atoms with Crippen LogP contribution >= 0.6 is 0 Å². The van der Waals surface area contributed by atoms with Crippen molar-refractivity contribution in [1.29, 1.82) is 5.26 Å². The zero-order valence-corrected chi connectivity index (χ0v) is 18.1. The van der Waals surface area contributed by atoms with Crippen molar-refractivity contribution in [2.45, 2.75) is 38.1 Å². The van der Waals surface area contributed by atoms with Gasteiger partial charge in [0.25, 0.3) is 0 Å². The number of hydrogen-bond donors (Lipinski definition) is 2. The number of anilines is 1. The minimum atomic E-state index is -0.473. The molecule has 2 N–H and O–H groups in total. The first-order valence-electron chi connectivity index (χ1n) is 11.5. The number of nitrogens with one attached hydrogen (secondary N) is 2. The van der Waals surface area contributed by atoms with Gasteiger partial charge in [-0.3, -0.25) is 0 Å². The SMILES string of the molecule is N#Cc1c(-c2c[nH]c3ncncc23)nc(NC2CC3CCC2CC3)c(F)c1-c1ccccc1. The van der Waals surface area contributed by atoms with Gasteiger partial charge >= 0.3 is 0 Å². The zero-order valence-electron chi connectivity index (χ0n) is 18.1. The van der Waals surface area contributed by atoms with Gasteiger partial charge in [0, 0.05) is 34.9 Å². The van der Waals surface area contributed by atoms with Gasteiger partial charge in [-0.05, 0) is 36.7 Å². The fourth-order valence-electron chi connectivity index (χ4n) is 5.62. The van der Waals surface area contributed by atoms with Crippen LogP contribution in [0.5, 0.6) is 0 Å². The summed E-state index contributed by atoms with van der Waals surface area (Å²) >= 11 is 0. The van der Waals surface area contributed by atoms with E-state index in [9.17, 15) is 5.26 Å². The zero-order chi connectivity index (χ0) is 22.4. The molecule has 7 rings (SSSR count). The third-order valence-electron chi connectivity index (χ3n) is 7.29. The quantitative estimate of drug-likeness (QED) is 0.427. The molecule has 7 heteroatoms. The molecule has 0 saturated heterocycles. The Labute approximate surface area is 190 Å². The highest BCUT2D eigenvalue weighted by Crippen LogP contribution is 2.44. The van der Waals surface area contributed by atoms with Crippen LogP contribution in [0.3, 0.4) is 0 Å². The Kier molecular flexibility index (Phi) is 4.79. The minimum Gasteiger partial charge on any atom is -0.365 e. The lowest BCUT2D eigenvalue weighted by molar-refractivity contribution is 0.157. The molecule has 0 spiro atoms. The maximum absolute atomic E-state index is 16.0. The fraction of sp³-hybridized carbons (Fsp3) is 0.308. The number of nitrogens with zero attached hydrogens (tertiary/aromatic N) is 4. The summed E-state index contributed by atoms with van der Waals surface area (Å²) in [7, 11) is 0. The van der Waals surface area contributed by atoms with E-state index in [-0.39, 0.29) is 23.0 Å². The third kappa shape index (κ3) is 3.34. The number of halogens is 1. The normalized spacial score (nSPS) is 21.8. The summed E-state index contributed by atoms with van der Waals surface area (Å²) in [6, 6.07) is 11.7. The van der Waals surface area contributed by atoms with Gasteiger partial charge in [0.05, 0.1) is 11.3 Å². The summed E-state index contributed by atoms with van der Waals surface area (Å²) in [4.78, 5) is 16.2. The average Bonchev–Trinajstić information content (AvgIpc) is 3.30. The number of pyridine rings is 1. The molecule has 0 aliphatic heterocycles. The van der Waals surface area contributed by atoms with E-state index in [0.717, 1.165) is 11.8 Å². The van der Waals surface area contributed by atoms with Crippen LogP contribution in [0.25, 0.3) is 33.4 Å². The van der Waals surface area contributed by atoms with E-state index in [0.29, 0.717) is 34.3 Å². The Bertz CT molecular complexity index is 1370. The molecule has 3 fully saturated rings. The minimum absolute atomic E-state index is 0.204. The Morgan fingerprint density at radius 1 is 1.12 bits per heavy atom. The predicted molar refractivity (Wildman–Crippen MR) is 125 cm³/mol. The van der Waals surface area contributed by atoms with E-state index >= 15 is 4.39 Å². The number of benzene rings is 1. The molecule has 3 heterocycles. The van der Waals surface area contributed by atoms with Crippen molar-refractivity contribution in [2.75, 3.05) is 5.32 Å². The lowest BCUT2D eigenvalue weighted by Gasteiger charge is -2.43. The van der Waals surface area contributed by atoms with E-state index in [1.807, 2.05) is 30.3 Å². The van der Waals surface area contributed by atoms with Crippen molar-refractivity contribution in [2.24, 2.45) is 11.8 Å². The molecule has 3 aliphatic rings. The summed E-state index contributed by atoms with van der Waals surface area (Å²) in [6.45, 7) is 0. The second-order valence-electron chi connectivity index (χ2n) is 9.11. The summed E-state index contributed by atoms with van der Waals surface area (Å²) in [5.74, 6) is 0.982. The van der Waals surface area contributed by atoms with Gasteiger partial charge in [0.1, 0.15) is 18.0 Å². The number of H-pyrrole nitrogens is 1. The van der Waals surface area contributed by atoms with Crippen LogP contribution in [0, 0.1) is 29.0 Å². The van der Waals surface area contributed by atoms with Crippen molar-refractivity contribution in [3.05, 3.63) is 60.4 Å². The van der Waals surface area contributed by atoms with Crippen molar-refractivity contribution in [1.82, 2.24) is 19.9 Å². The first-order chi connectivity index (χ1) is 16.2. The van der Waals surface area contributed by atoms with Crippen LogP contribution in [0.4, 0.5) is 10.2 Å². The van der Waals surface area contributed by atoms with E-state index in [4.69, 9.17) is 4.98 Å². The first kappa shape index (κ1) is 19.9. The molecule has 1 aromatic carbocycles. The second-order valence-corrected chi connectivity index (χ2v) is 9.11. The Morgan fingerprint density at radius 3 is 2.67 bits per heavy atom. The highest BCUT2D eigenvalue weighted by atomic mass is 19.1. The van der Waals surface area contributed by atoms with Gasteiger partial charge in [0.15, 0.2) is 11.6 Å². The van der Waals surface area contributed by atoms with E-state index in [1.54, 1.807) is 12.4 Å². The molecule has 1 atom stereocenters. The second kappa shape index (κ2) is 7.96. The number of hydrogen-bond acceptors (Lipinski definition) is 5. The Morgan fingerprint density at radius 2 is 1.94 bits per heavy atom. The van der Waals surface area contributed by atoms with E-state index in [1.165, 1.54) is 32.0 Å². The number of fused-ring (bicyclic) bond motifs is 4. The number of nitriles is 1. The summed E-state index contributed by atoms with van der Waals surface area (Å²) in [5, 5.41) is 14.3. The van der Waals surface area contributed by atoms with Gasteiger partial charge < -0.3 is 10.3 Å². The van der Waals surface area contributed by atoms with Crippen LogP contribution in [-0.4, -0.2) is 26.0 Å². The fourth-order valence-corrected chi connectivity index (χ4v) is 5.62. The van der Waals surface area contributed by atoms with Crippen molar-refractivity contribution in [3.63, 3.8) is 0 Å². The van der Waals surface area contributed by atoms with Crippen LogP contribution in [0.1, 0.15) is 37.7 Å². The molecule has 0 radical (unpaired) electrons. The smallest absolute Gasteiger partial charge is 0.174 e. The lowest BCUT2D eigenvalue weighted by Crippen LogP contribution is -2.40. The van der Waals surface area contributed by atoms with Gasteiger partial charge in [-0.1, -0.05) is 43.2 Å². The number of rotatable bonds is 4. The molecule has 2 bridgehead atoms. The summed E-state index contributed by atoms with van der Waals surface area (Å²) in [5.41, 5.74) is 2.90. The maximum atomic E-state index is 16.0. The standard InChI is InChI=1S/C26H23FN6/c27-23-22(17-4-2-1-3-5-17)18(11-28)24(19-13-30-25-20(19)12-29-14-31-25)33-26(23)32-21-10-15-6-8-16(21)9-7-15/h1-5,12-16,21H,6-10H2,(H,32,33)(H,29,30,31). The highest BCUT2D eigenvalue weighted by Gasteiger charge is 2.36. The molecular formula is C26H23FN6. The Hall–Kier alpha value is -3.79. The molecule has 33 heavy (non-hydrogen) atoms. The van der Waals surface area contributed by atoms with Crippen molar-refractivity contribution in [3.8, 4) is 28.5 Å². The molecule has 164 valence electrons. The van der Waals surface area contributed by atoms with Crippen LogP contribution in [-0.2, 0) is 0 Å². The molecule has 1 unspecified atom stereocenters. The van der Waals surface area contributed by atoms with Crippen molar-refractivity contribution < 1.29 is 4.39 Å². The molecule has 6 nitrogen and oxygen atoms in total. The molecule has 3 aliphatic carbocycles. The van der Waals surface area contributed by atoms with Gasteiger partial charge in [-0.25, -0.2) is 19.3 Å². The van der Waals surface area contributed by atoms with Crippen LogP contribution in [0.15, 0.2) is 49.1 Å². The van der Waals surface area contributed by atoms with Gasteiger partial charge in [-0.2, -0.15) is 5.26 Å². The third-order valence-corrected chi connectivity index (χ3v) is 7.29. The number of aromatic amines is 1. The van der Waals surface area contributed by atoms with Crippen molar-refractivity contribution >= 4 is 16.9 Å². The number of aromatic nitrogens is 4. The Balaban J connectivity index is 1.55. The predicted octanol–water partition coefficient (Wildman–Crippen LogP) is 5.69. The van der Waals surface area contributed by atoms with Gasteiger partial charge in [0.2, 0.25) is 0 Å². The summed E-state index contributed by atoms with van der Waals surface area (Å²) in [6.07, 6.45) is 10.9.